The third-order valence-electron chi connectivity index (χ3n) is 9.25. The number of likely N-dealkylation sites (tertiary alicyclic amines) is 3. The lowest BCUT2D eigenvalue weighted by Crippen LogP contribution is -2.45. The predicted octanol–water partition coefficient (Wildman–Crippen LogP) is 6.17. The molecule has 3 fully saturated rings. The molecule has 2 amide bonds. The van der Waals surface area contributed by atoms with Crippen molar-refractivity contribution in [2.24, 2.45) is 5.92 Å². The molecule has 2 aromatic carbocycles. The molecule has 0 saturated carbocycles. The van der Waals surface area contributed by atoms with Crippen molar-refractivity contribution in [2.75, 3.05) is 39.3 Å². The van der Waals surface area contributed by atoms with Gasteiger partial charge in [0.05, 0.1) is 11.8 Å². The normalized spacial score (nSPS) is 23.3. The Morgan fingerprint density at radius 1 is 0.925 bits per heavy atom. The van der Waals surface area contributed by atoms with E-state index in [0.29, 0.717) is 36.8 Å². The van der Waals surface area contributed by atoms with Crippen LogP contribution in [0.2, 0.25) is 5.02 Å². The first-order valence-corrected chi connectivity index (χ1v) is 14.9. The van der Waals surface area contributed by atoms with Gasteiger partial charge in [0.1, 0.15) is 11.6 Å². The van der Waals surface area contributed by atoms with Gasteiger partial charge in [-0.2, -0.15) is 0 Å². The minimum absolute atomic E-state index is 0.0385. The maximum absolute atomic E-state index is 14.9. The van der Waals surface area contributed by atoms with E-state index in [4.69, 9.17) is 11.6 Å². The van der Waals surface area contributed by atoms with E-state index in [2.05, 4.69) is 25.7 Å². The van der Waals surface area contributed by atoms with Crippen LogP contribution in [0, 0.1) is 17.6 Å². The third kappa shape index (κ3) is 5.78. The number of hydrogen-bond donors (Lipinski definition) is 0. The summed E-state index contributed by atoms with van der Waals surface area (Å²) >= 11 is 6.37. The van der Waals surface area contributed by atoms with Crippen LogP contribution in [0.15, 0.2) is 36.4 Å². The smallest absolute Gasteiger partial charge is 0.229 e. The molecular weight excluding hydrogens is 532 g/mol. The maximum Gasteiger partial charge on any atom is 0.229 e. The lowest BCUT2D eigenvalue weighted by molar-refractivity contribution is -0.137. The van der Waals surface area contributed by atoms with E-state index >= 15 is 0 Å². The SMILES string of the molecule is C[C@H](C(=O)N1CCC1)c1cc(Cl)ccc1C1CCN(C(=O)[C@@H]2CN(C(C)(C)C)CC2c2ccc(F)cc2F)CC1. The van der Waals surface area contributed by atoms with E-state index in [9.17, 15) is 18.4 Å². The Kier molecular flexibility index (Phi) is 8.27. The molecule has 2 aromatic rings. The minimum Gasteiger partial charge on any atom is -0.342 e. The number of carbonyl (C=O) groups is 2. The van der Waals surface area contributed by atoms with Crippen LogP contribution in [0.1, 0.15) is 81.4 Å². The topological polar surface area (TPSA) is 43.9 Å². The molecule has 0 radical (unpaired) electrons. The van der Waals surface area contributed by atoms with Gasteiger partial charge < -0.3 is 9.80 Å². The molecule has 5 nitrogen and oxygen atoms in total. The van der Waals surface area contributed by atoms with Gasteiger partial charge in [0, 0.05) is 61.8 Å². The first kappa shape index (κ1) is 29.0. The minimum atomic E-state index is -0.612. The molecule has 216 valence electrons. The van der Waals surface area contributed by atoms with Crippen LogP contribution < -0.4 is 0 Å². The average molecular weight is 572 g/mol. The molecule has 8 heteroatoms. The lowest BCUT2D eigenvalue weighted by atomic mass is 9.81. The second-order valence-corrected chi connectivity index (χ2v) is 13.2. The van der Waals surface area contributed by atoms with E-state index in [1.54, 1.807) is 0 Å². The third-order valence-corrected chi connectivity index (χ3v) is 9.48. The first-order chi connectivity index (χ1) is 18.9. The quantitative estimate of drug-likeness (QED) is 0.431. The fraction of sp³-hybridized carbons (Fsp3) is 0.562. The van der Waals surface area contributed by atoms with Crippen molar-refractivity contribution in [1.82, 2.24) is 14.7 Å². The zero-order valence-electron chi connectivity index (χ0n) is 23.9. The molecule has 0 bridgehead atoms. The number of nitrogens with zero attached hydrogens (tertiary/aromatic N) is 3. The number of carbonyl (C=O) groups excluding carboxylic acids is 2. The summed E-state index contributed by atoms with van der Waals surface area (Å²) in [5, 5.41) is 0.623. The molecule has 5 rings (SSSR count). The molecule has 3 atom stereocenters. The van der Waals surface area contributed by atoms with Gasteiger partial charge in [-0.05, 0) is 87.8 Å². The summed E-state index contributed by atoms with van der Waals surface area (Å²) < 4.78 is 28.6. The number of benzene rings is 2. The monoisotopic (exact) mass is 571 g/mol. The van der Waals surface area contributed by atoms with Crippen molar-refractivity contribution in [1.29, 1.82) is 0 Å². The van der Waals surface area contributed by atoms with E-state index in [-0.39, 0.29) is 35.1 Å². The predicted molar refractivity (Wildman–Crippen MR) is 154 cm³/mol. The lowest BCUT2D eigenvalue weighted by Gasteiger charge is -2.37. The number of hydrogen-bond acceptors (Lipinski definition) is 3. The zero-order chi connectivity index (χ0) is 28.8. The molecule has 0 aliphatic carbocycles. The fourth-order valence-corrected chi connectivity index (χ4v) is 6.78. The van der Waals surface area contributed by atoms with Gasteiger partial charge in [0.25, 0.3) is 0 Å². The van der Waals surface area contributed by atoms with Crippen LogP contribution in [-0.2, 0) is 9.59 Å². The maximum atomic E-state index is 14.9. The van der Waals surface area contributed by atoms with Crippen LogP contribution in [0.3, 0.4) is 0 Å². The average Bonchev–Trinajstić information content (AvgIpc) is 3.33. The van der Waals surface area contributed by atoms with E-state index in [0.717, 1.165) is 49.5 Å². The first-order valence-electron chi connectivity index (χ1n) is 14.5. The van der Waals surface area contributed by atoms with Crippen molar-refractivity contribution in [3.8, 4) is 0 Å². The van der Waals surface area contributed by atoms with Crippen LogP contribution in [0.5, 0.6) is 0 Å². The van der Waals surface area contributed by atoms with Crippen molar-refractivity contribution in [3.05, 3.63) is 69.7 Å². The molecule has 0 spiro atoms. The van der Waals surface area contributed by atoms with E-state index < -0.39 is 17.6 Å². The van der Waals surface area contributed by atoms with Crippen LogP contribution in [0.4, 0.5) is 8.78 Å². The number of halogens is 3. The van der Waals surface area contributed by atoms with E-state index in [1.165, 1.54) is 12.1 Å². The van der Waals surface area contributed by atoms with E-state index in [1.807, 2.05) is 34.9 Å². The molecule has 3 aliphatic rings. The van der Waals surface area contributed by atoms with Gasteiger partial charge in [0.15, 0.2) is 0 Å². The summed E-state index contributed by atoms with van der Waals surface area (Å²) in [4.78, 5) is 33.0. The van der Waals surface area contributed by atoms with Gasteiger partial charge in [0.2, 0.25) is 11.8 Å². The molecule has 3 saturated heterocycles. The highest BCUT2D eigenvalue weighted by molar-refractivity contribution is 6.30. The number of rotatable bonds is 5. The van der Waals surface area contributed by atoms with Crippen molar-refractivity contribution < 1.29 is 18.4 Å². The van der Waals surface area contributed by atoms with Gasteiger partial charge >= 0.3 is 0 Å². The molecule has 3 heterocycles. The Hall–Kier alpha value is -2.51. The highest BCUT2D eigenvalue weighted by Crippen LogP contribution is 2.41. The Morgan fingerprint density at radius 2 is 1.60 bits per heavy atom. The Morgan fingerprint density at radius 3 is 2.20 bits per heavy atom. The zero-order valence-corrected chi connectivity index (χ0v) is 24.7. The summed E-state index contributed by atoms with van der Waals surface area (Å²) in [5.74, 6) is -1.78. The van der Waals surface area contributed by atoms with Crippen molar-refractivity contribution in [3.63, 3.8) is 0 Å². The summed E-state index contributed by atoms with van der Waals surface area (Å²) in [6, 6.07) is 9.56. The molecule has 0 N–H and O–H groups in total. The number of piperidine rings is 1. The second kappa shape index (κ2) is 11.4. The molecule has 1 unspecified atom stereocenters. The molecule has 0 aromatic heterocycles. The van der Waals surface area contributed by atoms with Crippen LogP contribution >= 0.6 is 11.6 Å². The molecular formula is C32H40ClF2N3O2. The Balaban J connectivity index is 1.32. The Labute approximate surface area is 241 Å². The largest absolute Gasteiger partial charge is 0.342 e. The van der Waals surface area contributed by atoms with Gasteiger partial charge in [-0.15, -0.1) is 0 Å². The highest BCUT2D eigenvalue weighted by atomic mass is 35.5. The summed E-state index contributed by atoms with van der Waals surface area (Å²) in [7, 11) is 0. The van der Waals surface area contributed by atoms with Crippen molar-refractivity contribution >= 4 is 23.4 Å². The fourth-order valence-electron chi connectivity index (χ4n) is 6.60. The number of amides is 2. The molecule has 40 heavy (non-hydrogen) atoms. The van der Waals surface area contributed by atoms with Crippen LogP contribution in [0.25, 0.3) is 0 Å². The van der Waals surface area contributed by atoms with Gasteiger partial charge in [-0.1, -0.05) is 23.7 Å². The standard InChI is InChI=1S/C32H40ClF2N3O2/c1-20(30(39)36-12-5-13-36)26-16-22(33)6-8-24(26)21-10-14-37(15-11-21)31(40)28-19-38(32(2,3)4)18-27(28)25-9-7-23(34)17-29(25)35/h6-9,16-17,20-21,27-28H,5,10-15,18-19H2,1-4H3/t20-,27?,28+/m0/s1. The molecule has 3 aliphatic heterocycles. The van der Waals surface area contributed by atoms with Crippen molar-refractivity contribution in [2.45, 2.75) is 70.3 Å². The van der Waals surface area contributed by atoms with Gasteiger partial charge in [-0.25, -0.2) is 8.78 Å². The summed E-state index contributed by atoms with van der Waals surface area (Å²) in [5.41, 5.74) is 2.36. The summed E-state index contributed by atoms with van der Waals surface area (Å²) in [6.07, 6.45) is 2.63. The van der Waals surface area contributed by atoms with Gasteiger partial charge in [-0.3, -0.25) is 14.5 Å². The second-order valence-electron chi connectivity index (χ2n) is 12.7. The summed E-state index contributed by atoms with van der Waals surface area (Å²) in [6.45, 7) is 12.2. The Bertz CT molecular complexity index is 1270. The highest BCUT2D eigenvalue weighted by Gasteiger charge is 2.45. The van der Waals surface area contributed by atoms with Crippen LogP contribution in [-0.4, -0.2) is 71.3 Å².